The molecule has 1 N–H and O–H groups in total. The van der Waals surface area contributed by atoms with Crippen molar-refractivity contribution < 1.29 is 9.18 Å². The highest BCUT2D eigenvalue weighted by atomic mass is 35.5. The van der Waals surface area contributed by atoms with Crippen LogP contribution in [0.15, 0.2) is 30.5 Å². The van der Waals surface area contributed by atoms with E-state index in [0.29, 0.717) is 12.1 Å². The number of halogens is 2. The van der Waals surface area contributed by atoms with Gasteiger partial charge in [-0.3, -0.25) is 4.79 Å². The summed E-state index contributed by atoms with van der Waals surface area (Å²) in [6.45, 7) is 7.47. The fourth-order valence-electron chi connectivity index (χ4n) is 2.96. The summed E-state index contributed by atoms with van der Waals surface area (Å²) in [6.07, 6.45) is 1.60. The van der Waals surface area contributed by atoms with Gasteiger partial charge < -0.3 is 10.2 Å². The number of rotatable bonds is 2. The topological polar surface area (TPSA) is 50.2 Å². The number of amides is 1. The van der Waals surface area contributed by atoms with Gasteiger partial charge in [0.2, 0.25) is 0 Å². The van der Waals surface area contributed by atoms with Gasteiger partial charge in [0.05, 0.1) is 23.1 Å². The molecule has 3 rings (SSSR count). The Labute approximate surface area is 147 Å². The molecule has 0 bridgehead atoms. The van der Waals surface area contributed by atoms with Crippen molar-refractivity contribution in [1.82, 2.24) is 20.0 Å². The molecule has 0 spiro atoms. The van der Waals surface area contributed by atoms with Gasteiger partial charge in [0, 0.05) is 25.2 Å². The molecule has 1 amide bonds. The third-order valence-electron chi connectivity index (χ3n) is 4.61. The Hall–Kier alpha value is -1.92. The van der Waals surface area contributed by atoms with E-state index in [1.807, 2.05) is 11.8 Å². The van der Waals surface area contributed by atoms with Crippen LogP contribution in [0, 0.1) is 12.7 Å². The molecule has 2 aromatic rings. The average Bonchev–Trinajstić information content (AvgIpc) is 2.92. The van der Waals surface area contributed by atoms with Crippen LogP contribution in [-0.4, -0.2) is 45.8 Å². The van der Waals surface area contributed by atoms with Crippen LogP contribution in [0.2, 0.25) is 0 Å². The van der Waals surface area contributed by atoms with Gasteiger partial charge in [0.25, 0.3) is 5.91 Å². The highest BCUT2D eigenvalue weighted by molar-refractivity contribution is 5.95. The van der Waals surface area contributed by atoms with Crippen LogP contribution >= 0.6 is 12.4 Å². The lowest BCUT2D eigenvalue weighted by atomic mass is 10.1. The maximum Gasteiger partial charge on any atom is 0.257 e. The Morgan fingerprint density at radius 1 is 1.29 bits per heavy atom. The van der Waals surface area contributed by atoms with Gasteiger partial charge in [-0.05, 0) is 45.0 Å². The molecule has 24 heavy (non-hydrogen) atoms. The first kappa shape index (κ1) is 18.4. The van der Waals surface area contributed by atoms with Crippen molar-refractivity contribution in [2.75, 3.05) is 13.1 Å². The minimum atomic E-state index is -0.293. The molecule has 0 aliphatic carbocycles. The third kappa shape index (κ3) is 3.30. The second-order valence-electron chi connectivity index (χ2n) is 6.01. The molecular formula is C17H22ClFN4O. The van der Waals surface area contributed by atoms with Crippen LogP contribution in [0.3, 0.4) is 0 Å². The van der Waals surface area contributed by atoms with Gasteiger partial charge in [0.1, 0.15) is 5.82 Å². The van der Waals surface area contributed by atoms with Gasteiger partial charge in [-0.1, -0.05) is 0 Å². The largest absolute Gasteiger partial charge is 0.333 e. The number of hydrogen-bond acceptors (Lipinski definition) is 3. The van der Waals surface area contributed by atoms with Crippen LogP contribution < -0.4 is 5.32 Å². The van der Waals surface area contributed by atoms with E-state index in [4.69, 9.17) is 0 Å². The molecule has 1 aliphatic heterocycles. The lowest BCUT2D eigenvalue weighted by Crippen LogP contribution is -2.57. The standard InChI is InChI=1S/C17H21FN4O.ClH/c1-11-12(2)21(9-8-19-11)17(23)16-10-20-22(13(16)3)15-6-4-14(18)5-7-15;/h4-7,10-12,19H,8-9H2,1-3H3;1H. The summed E-state index contributed by atoms with van der Waals surface area (Å²) >= 11 is 0. The number of hydrogen-bond donors (Lipinski definition) is 1. The van der Waals surface area contributed by atoms with Crippen LogP contribution in [0.1, 0.15) is 29.9 Å². The van der Waals surface area contributed by atoms with E-state index in [9.17, 15) is 9.18 Å². The highest BCUT2D eigenvalue weighted by Crippen LogP contribution is 2.19. The van der Waals surface area contributed by atoms with E-state index < -0.39 is 0 Å². The van der Waals surface area contributed by atoms with Crippen LogP contribution in [0.4, 0.5) is 4.39 Å². The summed E-state index contributed by atoms with van der Waals surface area (Å²) in [6, 6.07) is 6.47. The summed E-state index contributed by atoms with van der Waals surface area (Å²) in [7, 11) is 0. The van der Waals surface area contributed by atoms with Crippen LogP contribution in [-0.2, 0) is 0 Å². The number of nitrogens with one attached hydrogen (secondary N) is 1. The Balaban J connectivity index is 0.00000208. The fraction of sp³-hybridized carbons (Fsp3) is 0.412. The lowest BCUT2D eigenvalue weighted by molar-refractivity contribution is 0.0602. The van der Waals surface area contributed by atoms with Gasteiger partial charge in [-0.2, -0.15) is 5.10 Å². The first-order chi connectivity index (χ1) is 11.0. The second kappa shape index (κ2) is 7.32. The van der Waals surface area contributed by atoms with E-state index in [1.54, 1.807) is 23.0 Å². The van der Waals surface area contributed by atoms with Crippen molar-refractivity contribution in [3.8, 4) is 5.69 Å². The monoisotopic (exact) mass is 352 g/mol. The van der Waals surface area contributed by atoms with E-state index in [1.165, 1.54) is 12.1 Å². The van der Waals surface area contributed by atoms with Gasteiger partial charge >= 0.3 is 0 Å². The lowest BCUT2D eigenvalue weighted by Gasteiger charge is -2.38. The van der Waals surface area contributed by atoms with Crippen molar-refractivity contribution in [2.24, 2.45) is 0 Å². The summed E-state index contributed by atoms with van der Waals surface area (Å²) in [5, 5.41) is 7.68. The Morgan fingerprint density at radius 3 is 2.62 bits per heavy atom. The molecule has 0 saturated carbocycles. The average molecular weight is 353 g/mol. The predicted octanol–water partition coefficient (Wildman–Crippen LogP) is 2.56. The molecule has 2 unspecified atom stereocenters. The predicted molar refractivity (Wildman–Crippen MR) is 93.5 cm³/mol. The smallest absolute Gasteiger partial charge is 0.257 e. The zero-order valence-electron chi connectivity index (χ0n) is 14.0. The zero-order valence-corrected chi connectivity index (χ0v) is 14.8. The molecule has 2 atom stereocenters. The minimum absolute atomic E-state index is 0. The normalized spacial score (nSPS) is 20.6. The molecule has 130 valence electrons. The van der Waals surface area contributed by atoms with Gasteiger partial charge in [0.15, 0.2) is 0 Å². The van der Waals surface area contributed by atoms with Crippen LogP contribution in [0.25, 0.3) is 5.69 Å². The maximum absolute atomic E-state index is 13.1. The van der Waals surface area contributed by atoms with E-state index >= 15 is 0 Å². The molecule has 7 heteroatoms. The van der Waals surface area contributed by atoms with E-state index in [2.05, 4.69) is 24.3 Å². The van der Waals surface area contributed by atoms with E-state index in [-0.39, 0.29) is 36.2 Å². The van der Waals surface area contributed by atoms with Crippen LogP contribution in [0.5, 0.6) is 0 Å². The first-order valence-electron chi connectivity index (χ1n) is 7.84. The van der Waals surface area contributed by atoms with Crippen molar-refractivity contribution >= 4 is 18.3 Å². The molecule has 1 saturated heterocycles. The maximum atomic E-state index is 13.1. The molecule has 1 aliphatic rings. The minimum Gasteiger partial charge on any atom is -0.333 e. The van der Waals surface area contributed by atoms with Crippen molar-refractivity contribution in [3.63, 3.8) is 0 Å². The first-order valence-corrected chi connectivity index (χ1v) is 7.84. The molecular weight excluding hydrogens is 331 g/mol. The number of benzene rings is 1. The summed E-state index contributed by atoms with van der Waals surface area (Å²) < 4.78 is 14.7. The molecule has 1 aromatic carbocycles. The summed E-state index contributed by atoms with van der Waals surface area (Å²) in [4.78, 5) is 14.7. The molecule has 1 aromatic heterocycles. The highest BCUT2D eigenvalue weighted by Gasteiger charge is 2.30. The SMILES string of the molecule is Cc1c(C(=O)N2CCNC(C)C2C)cnn1-c1ccc(F)cc1.Cl. The van der Waals surface area contributed by atoms with Crippen molar-refractivity contribution in [2.45, 2.75) is 32.9 Å². The van der Waals surface area contributed by atoms with Gasteiger partial charge in [-0.15, -0.1) is 12.4 Å². The Kier molecular flexibility index (Phi) is 5.62. The van der Waals surface area contributed by atoms with Crippen molar-refractivity contribution in [1.29, 1.82) is 0 Å². The molecule has 1 fully saturated rings. The summed E-state index contributed by atoms with van der Waals surface area (Å²) in [5.74, 6) is -0.296. The van der Waals surface area contributed by atoms with Crippen molar-refractivity contribution in [3.05, 3.63) is 47.5 Å². The number of carbonyl (C=O) groups is 1. The quantitative estimate of drug-likeness (QED) is 0.903. The second-order valence-corrected chi connectivity index (χ2v) is 6.01. The number of aromatic nitrogens is 2. The third-order valence-corrected chi connectivity index (χ3v) is 4.61. The molecule has 0 radical (unpaired) electrons. The molecule has 2 heterocycles. The zero-order chi connectivity index (χ0) is 16.6. The fourth-order valence-corrected chi connectivity index (χ4v) is 2.96. The van der Waals surface area contributed by atoms with E-state index in [0.717, 1.165) is 17.9 Å². The summed E-state index contributed by atoms with van der Waals surface area (Å²) in [5.41, 5.74) is 2.10. The number of nitrogens with zero attached hydrogens (tertiary/aromatic N) is 3. The Morgan fingerprint density at radius 2 is 1.96 bits per heavy atom. The van der Waals surface area contributed by atoms with Gasteiger partial charge in [-0.25, -0.2) is 9.07 Å². The Bertz CT molecular complexity index is 716. The number of piperazine rings is 1. The number of carbonyl (C=O) groups excluding carboxylic acids is 1. The molecule has 5 nitrogen and oxygen atoms in total.